The van der Waals surface area contributed by atoms with Gasteiger partial charge in [-0.2, -0.15) is 0 Å². The monoisotopic (exact) mass is 1680 g/mol. The van der Waals surface area contributed by atoms with Gasteiger partial charge in [0.1, 0.15) is 17.2 Å². The normalized spacial score (nSPS) is 25.1. The Hall–Kier alpha value is -9.45. The van der Waals surface area contributed by atoms with Crippen LogP contribution in [0.4, 0.5) is 69.0 Å². The summed E-state index contributed by atoms with van der Waals surface area (Å²) in [7, 11) is 8.46. The number of aromatic nitrogens is 6. The quantitative estimate of drug-likeness (QED) is 0.0235. The predicted octanol–water partition coefficient (Wildman–Crippen LogP) is 8.09. The summed E-state index contributed by atoms with van der Waals surface area (Å²) in [5.74, 6) is -0.204. The minimum Gasteiger partial charge on any atom is -0.495 e. The van der Waals surface area contributed by atoms with Crippen LogP contribution in [-0.2, 0) is 33.4 Å². The first-order valence-electron chi connectivity index (χ1n) is 50.9. The summed E-state index contributed by atoms with van der Waals surface area (Å²) in [6.07, 6.45) is -10.1. The van der Waals surface area contributed by atoms with Crippen molar-refractivity contribution in [2.75, 3.05) is 246 Å². The number of primary amides is 3. The minimum absolute atomic E-state index is 0.00872. The summed E-state index contributed by atoms with van der Waals surface area (Å²) in [6, 6.07) is 12.5. The van der Waals surface area contributed by atoms with Crippen molar-refractivity contribution in [2.24, 2.45) is 17.2 Å². The number of nitrogens with two attached hydrogens (primary N) is 3. The molecule has 12 heterocycles. The summed E-state index contributed by atoms with van der Waals surface area (Å²) in [4.78, 5) is 80.7. The van der Waals surface area contributed by atoms with Crippen molar-refractivity contribution in [1.82, 2.24) is 59.3 Å². The number of carbonyl (C=O) groups excluding carboxylic acids is 3. The third-order valence-corrected chi connectivity index (χ3v) is 22.6. The van der Waals surface area contributed by atoms with Crippen molar-refractivity contribution in [2.45, 2.75) is 153 Å². The summed E-state index contributed by atoms with van der Waals surface area (Å²) < 4.78 is 197. The fourth-order valence-electron chi connectivity index (χ4n) is 15.6. The van der Waals surface area contributed by atoms with Gasteiger partial charge >= 0.3 is 0 Å². The fraction of sp³-hybridized carbons (Fsp3) is 0.621. The van der Waals surface area contributed by atoms with Crippen molar-refractivity contribution >= 4 is 86.8 Å². The highest BCUT2D eigenvalue weighted by Crippen LogP contribution is 2.40. The molecular weight excluding hydrogens is 1530 g/mol. The maximum atomic E-state index is 12.5. The smallest absolute Gasteiger partial charge is 0.271 e. The molecule has 0 spiro atoms. The largest absolute Gasteiger partial charge is 0.495 e. The van der Waals surface area contributed by atoms with E-state index in [1.165, 1.54) is 40.1 Å². The zero-order chi connectivity index (χ0) is 101. The number of piperazine rings is 3. The predicted molar refractivity (Wildman–Crippen MR) is 474 cm³/mol. The zero-order valence-corrected chi connectivity index (χ0v) is 70.2. The lowest BCUT2D eigenvalue weighted by Gasteiger charge is -2.42. The summed E-state index contributed by atoms with van der Waals surface area (Å²) >= 11 is 0. The molecule has 3 aromatic heterocycles. The van der Waals surface area contributed by atoms with Gasteiger partial charge in [0.15, 0.2) is 52.0 Å². The third kappa shape index (κ3) is 23.0. The molecule has 6 aromatic rings. The van der Waals surface area contributed by atoms with Gasteiger partial charge in [0.05, 0.1) is 55.5 Å². The number of anilines is 12. The molecule has 9 aliphatic rings. The number of likely N-dealkylation sites (N-methyl/N-ethyl adjacent to an activating group) is 3. The molecule has 33 heteroatoms. The number of hydrogen-bond acceptors (Lipinski definition) is 30. The van der Waals surface area contributed by atoms with Crippen LogP contribution in [0, 0.1) is 0 Å². The topological polar surface area (TPSA) is 363 Å². The Morgan fingerprint density at radius 1 is 0.408 bits per heavy atom. The molecule has 9 saturated heterocycles. The van der Waals surface area contributed by atoms with Gasteiger partial charge in [-0.05, 0) is 153 Å². The Morgan fingerprint density at radius 3 is 0.942 bits per heavy atom. The Labute approximate surface area is 735 Å². The number of rotatable bonds is 27. The first-order chi connectivity index (χ1) is 65.3. The SMILES string of the molecule is [2H]C([2H])(C)c1nc(C(N)=O)c(Nc2ccc(N3CC([2H])([2H])C(N4CCN(C)CC4)C([2H])([2H])C3)c(OC)c2)nc1NC1CCOCC1.[2H]C([2H])(C)c1nc(C(N)=O)c(Nc2ccc(N3CC([2H])([2H])C(N4CCN(C)CC4)C([2H])([2H])C3)c(OC)c2)nc1NC1CCOCC1.[2H]C1([2H])CN(c2ccc(Nc3nc(NC4CCOCC4)c(CC)nc3C(N)=O)cc2OC)CC([2H])([2H])C1N1CCN(C([2H])([2H])[2H])CC1. The molecule has 12 N–H and O–H groups in total. The number of methoxy groups -OCH3 is 3. The van der Waals surface area contributed by atoms with Crippen LogP contribution in [0.25, 0.3) is 0 Å². The van der Waals surface area contributed by atoms with E-state index in [1.54, 1.807) is 74.2 Å². The molecule has 3 amide bonds. The van der Waals surface area contributed by atoms with Crippen LogP contribution in [0.1, 0.15) is 172 Å². The second-order valence-corrected chi connectivity index (χ2v) is 30.7. The molecule has 0 radical (unpaired) electrons. The van der Waals surface area contributed by atoms with E-state index in [4.69, 9.17) is 76.7 Å². The van der Waals surface area contributed by atoms with Gasteiger partial charge < -0.3 is 107 Å². The molecule has 654 valence electrons. The van der Waals surface area contributed by atoms with E-state index in [0.29, 0.717) is 161 Å². The van der Waals surface area contributed by atoms with E-state index in [9.17, 15) is 14.4 Å². The van der Waals surface area contributed by atoms with Gasteiger partial charge in [-0.3, -0.25) is 29.1 Å². The third-order valence-electron chi connectivity index (χ3n) is 22.6. The van der Waals surface area contributed by atoms with Crippen LogP contribution in [0.5, 0.6) is 17.2 Å². The van der Waals surface area contributed by atoms with Crippen molar-refractivity contribution < 1.29 is 68.8 Å². The van der Waals surface area contributed by atoms with Gasteiger partial charge in [-0.1, -0.05) is 20.8 Å². The highest BCUT2D eigenvalue weighted by Gasteiger charge is 2.34. The molecule has 0 unspecified atom stereocenters. The van der Waals surface area contributed by atoms with Crippen LogP contribution < -0.4 is 78.0 Å². The molecular formula is C87H132N24O9. The van der Waals surface area contributed by atoms with Crippen molar-refractivity contribution in [1.29, 1.82) is 0 Å². The second-order valence-electron chi connectivity index (χ2n) is 30.7. The van der Waals surface area contributed by atoms with E-state index >= 15 is 0 Å². The van der Waals surface area contributed by atoms with E-state index in [0.717, 1.165) is 39.0 Å². The molecule has 0 saturated carbocycles. The van der Waals surface area contributed by atoms with Gasteiger partial charge in [-0.25, -0.2) is 29.9 Å². The number of benzene rings is 3. The van der Waals surface area contributed by atoms with Gasteiger partial charge in [0.25, 0.3) is 17.7 Å². The van der Waals surface area contributed by atoms with Crippen molar-refractivity contribution in [3.05, 3.63) is 88.8 Å². The lowest BCUT2D eigenvalue weighted by Crippen LogP contribution is -2.52. The van der Waals surface area contributed by atoms with Gasteiger partial charge in [0.2, 0.25) is 0 Å². The summed E-state index contributed by atoms with van der Waals surface area (Å²) in [5.41, 5.74) is 20.1. The molecule has 15 rings (SSSR count). The first kappa shape index (κ1) is 66.2. The van der Waals surface area contributed by atoms with E-state index in [1.807, 2.05) is 30.8 Å². The number of piperidine rings is 3. The van der Waals surface area contributed by atoms with E-state index < -0.39 is 93.8 Å². The Morgan fingerprint density at radius 2 is 0.683 bits per heavy atom. The maximum absolute atomic E-state index is 12.5. The molecule has 120 heavy (non-hydrogen) atoms. The zero-order valence-electron chi connectivity index (χ0n) is 89.2. The number of amides is 3. The molecule has 3 aromatic carbocycles. The van der Waals surface area contributed by atoms with Crippen LogP contribution >= 0.6 is 0 Å². The van der Waals surface area contributed by atoms with E-state index in [-0.39, 0.29) is 141 Å². The molecule has 0 atom stereocenters. The minimum atomic E-state index is -2.23. The highest BCUT2D eigenvalue weighted by atomic mass is 16.5. The Bertz CT molecular complexity index is 5000. The summed E-state index contributed by atoms with van der Waals surface area (Å²) in [6.45, 7) is 12.0. The molecule has 9 fully saturated rings. The maximum Gasteiger partial charge on any atom is 0.271 e. The number of nitrogens with zero attached hydrogens (tertiary/aromatic N) is 15. The fourth-order valence-corrected chi connectivity index (χ4v) is 15.6. The lowest BCUT2D eigenvalue weighted by molar-refractivity contribution is 0.0902. The average Bonchev–Trinajstić information content (AvgIpc) is 0.750. The van der Waals surface area contributed by atoms with Crippen LogP contribution in [0.3, 0.4) is 0 Å². The number of hydrogen-bond donors (Lipinski definition) is 9. The lowest BCUT2D eigenvalue weighted by atomic mass is 10.0. The second kappa shape index (κ2) is 42.9. The summed E-state index contributed by atoms with van der Waals surface area (Å²) in [5, 5.41) is 19.3. The standard InChI is InChI=1S/3C29H44N8O3/c3*1-4-23-28(31-20-9-17-40-18-10-20)34-29(26(33-23)27(30)38)32-21-5-6-24(25(19-21)39-3)37-11-7-22(8-12-37)36-15-13-35(2)14-16-36/h3*5-6,19-20,22H,4,7-18H2,1-3H3,(H2,30,38)(H2,31,32,34)/i2*4D2,7D2,8D2;2D3,7D2,8D2. The van der Waals surface area contributed by atoms with Crippen molar-refractivity contribution in [3.63, 3.8) is 0 Å². The highest BCUT2D eigenvalue weighted by molar-refractivity contribution is 5.98. The Kier molecular flexibility index (Phi) is 23.6. The molecule has 0 aliphatic carbocycles. The van der Waals surface area contributed by atoms with Crippen LogP contribution in [0.15, 0.2) is 54.6 Å². The molecule has 0 bridgehead atoms. The Balaban J connectivity index is 0.000000176. The average molecular weight is 1680 g/mol. The number of nitrogens with one attached hydrogen (secondary N) is 6. The van der Waals surface area contributed by atoms with E-state index in [2.05, 4.69) is 66.6 Å². The van der Waals surface area contributed by atoms with Crippen LogP contribution in [-0.4, -0.2) is 313 Å². The number of ether oxygens (including phenoxy) is 6. The van der Waals surface area contributed by atoms with Crippen molar-refractivity contribution in [3.8, 4) is 17.2 Å². The first-order valence-corrected chi connectivity index (χ1v) is 41.4. The molecule has 9 aliphatic heterocycles. The van der Waals surface area contributed by atoms with Gasteiger partial charge in [0, 0.05) is 255 Å². The van der Waals surface area contributed by atoms with Gasteiger partial charge in [-0.15, -0.1) is 0 Å². The number of aryl methyl sites for hydroxylation is 3. The molecule has 33 nitrogen and oxygen atoms in total. The number of carbonyl (C=O) groups is 3. The van der Waals surface area contributed by atoms with Crippen LogP contribution in [0.2, 0.25) is 0 Å².